The van der Waals surface area contributed by atoms with E-state index in [0.29, 0.717) is 12.1 Å². The lowest BCUT2D eigenvalue weighted by Gasteiger charge is -2.16. The van der Waals surface area contributed by atoms with E-state index < -0.39 is 59.2 Å². The summed E-state index contributed by atoms with van der Waals surface area (Å²) in [6.07, 6.45) is -4.49. The molecule has 7 N–H and O–H groups in total. The zero-order chi connectivity index (χ0) is 25.5. The van der Waals surface area contributed by atoms with Crippen LogP contribution >= 0.6 is 0 Å². The van der Waals surface area contributed by atoms with Crippen LogP contribution in [0.4, 0.5) is 19.0 Å². The maximum absolute atomic E-state index is 12.9. The number of nitrogens with zero attached hydrogens (tertiary/aromatic N) is 4. The second kappa shape index (κ2) is 9.01. The fourth-order valence-corrected chi connectivity index (χ4v) is 3.54. The maximum atomic E-state index is 12.9. The highest BCUT2D eigenvalue weighted by molar-refractivity contribution is 5.98. The Balaban J connectivity index is 1.43. The van der Waals surface area contributed by atoms with Crippen LogP contribution in [0.2, 0.25) is 0 Å². The lowest BCUT2D eigenvalue weighted by molar-refractivity contribution is -0.137. The Kier molecular flexibility index (Phi) is 6.23. The van der Waals surface area contributed by atoms with Crippen LogP contribution in [0.15, 0.2) is 36.9 Å². The molecule has 186 valence electrons. The van der Waals surface area contributed by atoms with Crippen LogP contribution in [0.25, 0.3) is 11.2 Å². The SMILES string of the molecule is Nc1ncnc2c1ncn2[C@@H]1O[C@H](C=CCNC(=O)c2cc(C(F)(F)F)cc(O)c2O)[C@H](O)C1O. The molecule has 35 heavy (non-hydrogen) atoms. The van der Waals surface area contributed by atoms with Crippen molar-refractivity contribution in [2.75, 3.05) is 12.3 Å². The lowest BCUT2D eigenvalue weighted by atomic mass is 10.1. The van der Waals surface area contributed by atoms with Gasteiger partial charge < -0.3 is 36.2 Å². The third kappa shape index (κ3) is 4.55. The molecule has 0 spiro atoms. The third-order valence-electron chi connectivity index (χ3n) is 5.30. The summed E-state index contributed by atoms with van der Waals surface area (Å²) in [6.45, 7) is -0.236. The zero-order valence-electron chi connectivity index (χ0n) is 17.6. The number of nitrogens with two attached hydrogens (primary N) is 1. The summed E-state index contributed by atoms with van der Waals surface area (Å²) in [5, 5.41) is 42.3. The second-order valence-corrected chi connectivity index (χ2v) is 7.58. The predicted octanol–water partition coefficient (Wildman–Crippen LogP) is 0.444. The monoisotopic (exact) mass is 496 g/mol. The molecule has 0 saturated carbocycles. The van der Waals surface area contributed by atoms with Gasteiger partial charge in [-0.05, 0) is 12.1 Å². The first-order valence-corrected chi connectivity index (χ1v) is 10.0. The number of nitrogens with one attached hydrogen (secondary N) is 1. The largest absolute Gasteiger partial charge is 0.504 e. The summed E-state index contributed by atoms with van der Waals surface area (Å²) >= 11 is 0. The van der Waals surface area contributed by atoms with Crippen LogP contribution in [-0.2, 0) is 10.9 Å². The van der Waals surface area contributed by atoms with Gasteiger partial charge in [0.05, 0.1) is 17.5 Å². The van der Waals surface area contributed by atoms with E-state index in [9.17, 15) is 38.4 Å². The van der Waals surface area contributed by atoms with Gasteiger partial charge in [-0.15, -0.1) is 0 Å². The summed E-state index contributed by atoms with van der Waals surface area (Å²) in [7, 11) is 0. The highest BCUT2D eigenvalue weighted by Gasteiger charge is 2.43. The number of nitrogen functional groups attached to an aromatic ring is 1. The normalized spacial score (nSPS) is 22.8. The minimum Gasteiger partial charge on any atom is -0.504 e. The number of amides is 1. The van der Waals surface area contributed by atoms with Gasteiger partial charge in [0.2, 0.25) is 0 Å². The first-order chi connectivity index (χ1) is 16.5. The van der Waals surface area contributed by atoms with Crippen LogP contribution in [0.3, 0.4) is 0 Å². The standard InChI is InChI=1S/C20H19F3N6O6/c21-20(22,23)8-4-9(13(31)10(30)5-8)18(34)25-3-1-2-11-14(32)15(33)19(35-11)29-7-28-12-16(24)26-6-27-17(12)29/h1-2,4-7,11,14-15,19,30-33H,3H2,(H,25,34)(H2,24,26,27)/t11-,14+,15?,19-/m1/s1. The van der Waals surface area contributed by atoms with Crippen molar-refractivity contribution < 1.29 is 43.1 Å². The fraction of sp³-hybridized carbons (Fsp3) is 0.300. The van der Waals surface area contributed by atoms with E-state index in [1.165, 1.54) is 29.4 Å². The van der Waals surface area contributed by atoms with Crippen LogP contribution in [0, 0.1) is 0 Å². The molecule has 0 radical (unpaired) electrons. The molecule has 3 heterocycles. The van der Waals surface area contributed by atoms with Gasteiger partial charge in [0.1, 0.15) is 30.2 Å². The van der Waals surface area contributed by atoms with Gasteiger partial charge in [-0.2, -0.15) is 13.2 Å². The van der Waals surface area contributed by atoms with Gasteiger partial charge in [-0.1, -0.05) is 12.2 Å². The first kappa shape index (κ1) is 24.2. The Bertz CT molecular complexity index is 1300. The van der Waals surface area contributed by atoms with E-state index in [-0.39, 0.29) is 23.5 Å². The van der Waals surface area contributed by atoms with Crippen molar-refractivity contribution in [3.05, 3.63) is 48.1 Å². The van der Waals surface area contributed by atoms with Crippen molar-refractivity contribution in [1.29, 1.82) is 0 Å². The van der Waals surface area contributed by atoms with E-state index in [0.717, 1.165) is 0 Å². The number of benzene rings is 1. The molecule has 1 aliphatic rings. The number of carbonyl (C=O) groups excluding carboxylic acids is 1. The molecule has 1 aromatic carbocycles. The van der Waals surface area contributed by atoms with Crippen molar-refractivity contribution in [3.63, 3.8) is 0 Å². The molecule has 1 aliphatic heterocycles. The van der Waals surface area contributed by atoms with Gasteiger partial charge in [-0.3, -0.25) is 9.36 Å². The fourth-order valence-electron chi connectivity index (χ4n) is 3.54. The number of carbonyl (C=O) groups is 1. The summed E-state index contributed by atoms with van der Waals surface area (Å²) in [5.41, 5.74) is 4.21. The number of aliphatic hydroxyl groups is 2. The topological polar surface area (TPSA) is 189 Å². The van der Waals surface area contributed by atoms with Crippen molar-refractivity contribution >= 4 is 22.9 Å². The highest BCUT2D eigenvalue weighted by atomic mass is 19.4. The Morgan fingerprint density at radius 3 is 2.66 bits per heavy atom. The van der Waals surface area contributed by atoms with Gasteiger partial charge in [-0.25, -0.2) is 15.0 Å². The summed E-state index contributed by atoms with van der Waals surface area (Å²) < 4.78 is 45.8. The van der Waals surface area contributed by atoms with Gasteiger partial charge in [0.15, 0.2) is 29.2 Å². The quantitative estimate of drug-likeness (QED) is 0.214. The van der Waals surface area contributed by atoms with E-state index in [1.807, 2.05) is 0 Å². The molecule has 2 aromatic heterocycles. The average Bonchev–Trinajstić information content (AvgIpc) is 3.34. The minimum atomic E-state index is -4.84. The summed E-state index contributed by atoms with van der Waals surface area (Å²) in [4.78, 5) is 24.2. The van der Waals surface area contributed by atoms with Crippen LogP contribution in [-0.4, -0.2) is 70.7 Å². The van der Waals surface area contributed by atoms with Gasteiger partial charge in [0, 0.05) is 6.54 Å². The number of phenols is 2. The molecule has 1 amide bonds. The predicted molar refractivity (Wildman–Crippen MR) is 112 cm³/mol. The maximum Gasteiger partial charge on any atom is 0.416 e. The zero-order valence-corrected chi connectivity index (χ0v) is 17.6. The van der Waals surface area contributed by atoms with Crippen LogP contribution < -0.4 is 11.1 Å². The van der Waals surface area contributed by atoms with Gasteiger partial charge >= 0.3 is 6.18 Å². The number of rotatable bonds is 5. The number of ether oxygens (including phenoxy) is 1. The summed E-state index contributed by atoms with van der Waals surface area (Å²) in [6, 6.07) is 0.709. The number of aliphatic hydroxyl groups excluding tert-OH is 2. The Labute approximate surface area is 194 Å². The molecule has 4 atom stereocenters. The molecule has 1 unspecified atom stereocenters. The molecule has 4 rings (SSSR count). The van der Waals surface area contributed by atoms with E-state index in [2.05, 4.69) is 20.3 Å². The molecule has 3 aromatic rings. The van der Waals surface area contributed by atoms with E-state index >= 15 is 0 Å². The third-order valence-corrected chi connectivity index (χ3v) is 5.30. The number of phenolic OH excluding ortho intramolecular Hbond substituents is 2. The second-order valence-electron chi connectivity index (χ2n) is 7.58. The number of alkyl halides is 3. The number of anilines is 1. The Hall–Kier alpha value is -3.95. The molecule has 0 bridgehead atoms. The molecule has 1 fully saturated rings. The van der Waals surface area contributed by atoms with Crippen molar-refractivity contribution in [3.8, 4) is 11.5 Å². The number of hydrogen-bond acceptors (Lipinski definition) is 10. The average molecular weight is 496 g/mol. The van der Waals surface area contributed by atoms with E-state index in [4.69, 9.17) is 10.5 Å². The van der Waals surface area contributed by atoms with E-state index in [1.54, 1.807) is 0 Å². The van der Waals surface area contributed by atoms with Crippen molar-refractivity contribution in [2.45, 2.75) is 30.7 Å². The summed E-state index contributed by atoms with van der Waals surface area (Å²) in [5.74, 6) is -3.06. The Morgan fingerprint density at radius 2 is 1.94 bits per heavy atom. The van der Waals surface area contributed by atoms with Crippen molar-refractivity contribution in [2.24, 2.45) is 0 Å². The number of hydrogen-bond donors (Lipinski definition) is 6. The number of aromatic hydroxyl groups is 2. The minimum absolute atomic E-state index is 0.120. The molecular weight excluding hydrogens is 477 g/mol. The molecular formula is C20H19F3N6O6. The van der Waals surface area contributed by atoms with Crippen LogP contribution in [0.1, 0.15) is 22.1 Å². The van der Waals surface area contributed by atoms with Gasteiger partial charge in [0.25, 0.3) is 5.91 Å². The first-order valence-electron chi connectivity index (χ1n) is 10.0. The Morgan fingerprint density at radius 1 is 1.20 bits per heavy atom. The highest BCUT2D eigenvalue weighted by Crippen LogP contribution is 2.38. The molecule has 12 nitrogen and oxygen atoms in total. The molecule has 15 heteroatoms. The number of aromatic nitrogens is 4. The number of imidazole rings is 1. The lowest BCUT2D eigenvalue weighted by Crippen LogP contribution is -2.31. The number of halogens is 3. The van der Waals surface area contributed by atoms with Crippen LogP contribution in [0.5, 0.6) is 11.5 Å². The van der Waals surface area contributed by atoms with Crippen molar-refractivity contribution in [1.82, 2.24) is 24.8 Å². The smallest absolute Gasteiger partial charge is 0.416 e. The molecule has 0 aliphatic carbocycles. The molecule has 1 saturated heterocycles. The number of fused-ring (bicyclic) bond motifs is 1.